The lowest BCUT2D eigenvalue weighted by molar-refractivity contribution is -0.123. The fourth-order valence-electron chi connectivity index (χ4n) is 3.29. The van der Waals surface area contributed by atoms with E-state index in [0.29, 0.717) is 22.6 Å². The van der Waals surface area contributed by atoms with Crippen LogP contribution in [-0.4, -0.2) is 39.2 Å². The number of ether oxygens (including phenoxy) is 1. The second-order valence-corrected chi connectivity index (χ2v) is 7.22. The molecule has 0 aliphatic carbocycles. The number of primary amides is 1. The molecule has 0 spiro atoms. The van der Waals surface area contributed by atoms with Gasteiger partial charge in [0.15, 0.2) is 0 Å². The van der Waals surface area contributed by atoms with Gasteiger partial charge in [0.1, 0.15) is 24.1 Å². The Kier molecular flexibility index (Phi) is 4.94. The van der Waals surface area contributed by atoms with E-state index in [1.807, 2.05) is 13.1 Å². The number of halogens is 1. The maximum absolute atomic E-state index is 14.8. The van der Waals surface area contributed by atoms with E-state index in [1.54, 1.807) is 48.3 Å². The summed E-state index contributed by atoms with van der Waals surface area (Å²) < 4.78 is 21.8. The van der Waals surface area contributed by atoms with Gasteiger partial charge >= 0.3 is 6.09 Å². The van der Waals surface area contributed by atoms with Crippen molar-refractivity contribution in [1.29, 1.82) is 0 Å². The number of carbonyl (C=O) groups is 2. The first-order chi connectivity index (χ1) is 14.3. The van der Waals surface area contributed by atoms with E-state index in [9.17, 15) is 14.0 Å². The number of hydrogen-bond donors (Lipinski definition) is 1. The number of carbonyl (C=O) groups excluding carboxylic acids is 2. The van der Waals surface area contributed by atoms with Crippen molar-refractivity contribution in [2.24, 2.45) is 11.7 Å². The summed E-state index contributed by atoms with van der Waals surface area (Å²) in [6.45, 7) is 3.60. The smallest absolute Gasteiger partial charge is 0.414 e. The number of benzene rings is 1. The Balaban J connectivity index is 1.55. The molecule has 30 heavy (non-hydrogen) atoms. The van der Waals surface area contributed by atoms with E-state index >= 15 is 0 Å². The van der Waals surface area contributed by atoms with Crippen LogP contribution in [0.3, 0.4) is 0 Å². The van der Waals surface area contributed by atoms with Crippen LogP contribution >= 0.6 is 0 Å². The van der Waals surface area contributed by atoms with Crippen LogP contribution in [0.4, 0.5) is 14.9 Å². The van der Waals surface area contributed by atoms with Crippen LogP contribution < -0.4 is 10.6 Å². The summed E-state index contributed by atoms with van der Waals surface area (Å²) in [5.74, 6) is -1.02. The minimum Gasteiger partial charge on any atom is -0.443 e. The molecule has 0 bridgehead atoms. The van der Waals surface area contributed by atoms with E-state index < -0.39 is 29.8 Å². The normalized spacial score (nSPS) is 17.1. The molecule has 2 amide bonds. The van der Waals surface area contributed by atoms with Gasteiger partial charge in [-0.25, -0.2) is 19.2 Å². The van der Waals surface area contributed by atoms with Gasteiger partial charge in [-0.3, -0.25) is 14.3 Å². The van der Waals surface area contributed by atoms with E-state index in [1.165, 1.54) is 11.0 Å². The molecule has 4 rings (SSSR count). The Hall–Kier alpha value is -3.75. The molecule has 1 aromatic carbocycles. The third-order valence-corrected chi connectivity index (χ3v) is 5.14. The molecule has 0 saturated carbocycles. The molecular weight excluding hydrogens is 389 g/mol. The topological polar surface area (TPSA) is 103 Å². The van der Waals surface area contributed by atoms with Crippen molar-refractivity contribution in [3.8, 4) is 16.9 Å². The molecular formula is C21H20FN5O3. The van der Waals surface area contributed by atoms with Crippen molar-refractivity contribution in [1.82, 2.24) is 14.5 Å². The Bertz CT molecular complexity index is 1110. The molecule has 9 heteroatoms. The number of rotatable bonds is 5. The molecule has 8 nitrogen and oxygen atoms in total. The van der Waals surface area contributed by atoms with Crippen LogP contribution in [0, 0.1) is 18.7 Å². The van der Waals surface area contributed by atoms with Crippen molar-refractivity contribution in [2.45, 2.75) is 20.0 Å². The monoisotopic (exact) mass is 409 g/mol. The van der Waals surface area contributed by atoms with Gasteiger partial charge in [-0.05, 0) is 44.2 Å². The van der Waals surface area contributed by atoms with Crippen LogP contribution in [0.2, 0.25) is 0 Å². The summed E-state index contributed by atoms with van der Waals surface area (Å²) in [4.78, 5) is 33.3. The second kappa shape index (κ2) is 7.58. The van der Waals surface area contributed by atoms with E-state index in [2.05, 4.69) is 9.97 Å². The Morgan fingerprint density at radius 1 is 1.30 bits per heavy atom. The third-order valence-electron chi connectivity index (χ3n) is 5.14. The zero-order valence-corrected chi connectivity index (χ0v) is 16.4. The molecule has 1 fully saturated rings. The highest BCUT2D eigenvalue weighted by atomic mass is 19.1. The van der Waals surface area contributed by atoms with Crippen LogP contribution in [0.1, 0.15) is 12.6 Å². The van der Waals surface area contributed by atoms with Crippen LogP contribution in [-0.2, 0) is 9.53 Å². The highest BCUT2D eigenvalue weighted by Crippen LogP contribution is 2.30. The largest absolute Gasteiger partial charge is 0.443 e. The zero-order valence-electron chi connectivity index (χ0n) is 16.4. The highest BCUT2D eigenvalue weighted by Gasteiger charge is 2.37. The van der Waals surface area contributed by atoms with Crippen LogP contribution in [0.25, 0.3) is 16.9 Å². The van der Waals surface area contributed by atoms with E-state index in [-0.39, 0.29) is 6.54 Å². The molecule has 2 atom stereocenters. The molecule has 154 valence electrons. The van der Waals surface area contributed by atoms with Crippen LogP contribution in [0.15, 0.2) is 49.1 Å². The van der Waals surface area contributed by atoms with Gasteiger partial charge in [-0.2, -0.15) is 0 Å². The van der Waals surface area contributed by atoms with Gasteiger partial charge < -0.3 is 10.5 Å². The average Bonchev–Trinajstić information content (AvgIpc) is 3.33. The fraction of sp³-hybridized carbons (Fsp3) is 0.238. The first kappa shape index (κ1) is 19.6. The molecule has 2 aromatic heterocycles. The number of hydrogen-bond acceptors (Lipinski definition) is 5. The Morgan fingerprint density at radius 2 is 2.10 bits per heavy atom. The number of anilines is 1. The number of nitrogens with two attached hydrogens (primary N) is 1. The van der Waals surface area contributed by atoms with Crippen molar-refractivity contribution in [3.63, 3.8) is 0 Å². The summed E-state index contributed by atoms with van der Waals surface area (Å²) in [5.41, 5.74) is 7.46. The number of pyridine rings is 1. The molecule has 3 heterocycles. The molecule has 0 radical (unpaired) electrons. The number of aryl methyl sites for hydroxylation is 1. The molecule has 1 aliphatic heterocycles. The van der Waals surface area contributed by atoms with Gasteiger partial charge in [0.05, 0.1) is 23.8 Å². The third kappa shape index (κ3) is 3.61. The summed E-state index contributed by atoms with van der Waals surface area (Å²) in [6, 6.07) is 8.02. The lowest BCUT2D eigenvalue weighted by atomic mass is 10.0. The predicted molar refractivity (Wildman–Crippen MR) is 107 cm³/mol. The van der Waals surface area contributed by atoms with Gasteiger partial charge in [-0.15, -0.1) is 0 Å². The minimum atomic E-state index is -0.665. The van der Waals surface area contributed by atoms with Gasteiger partial charge in [-0.1, -0.05) is 0 Å². The number of amides is 2. The molecule has 1 unspecified atom stereocenters. The van der Waals surface area contributed by atoms with Crippen molar-refractivity contribution in [2.75, 3.05) is 11.4 Å². The molecule has 3 aromatic rings. The number of nitrogens with zero attached hydrogens (tertiary/aromatic N) is 4. The SMILES string of the molecule is Cc1cn(-c2ccc(-c3ccc(N4CC([C@H](C)C(N)=O)OC4=O)cc3F)cn2)cn1. The van der Waals surface area contributed by atoms with Crippen molar-refractivity contribution >= 4 is 17.7 Å². The Labute approximate surface area is 172 Å². The summed E-state index contributed by atoms with van der Waals surface area (Å²) >= 11 is 0. The van der Waals surface area contributed by atoms with Crippen molar-refractivity contribution < 1.29 is 18.7 Å². The summed E-state index contributed by atoms with van der Waals surface area (Å²) in [5, 5.41) is 0. The fourth-order valence-corrected chi connectivity index (χ4v) is 3.29. The lowest BCUT2D eigenvalue weighted by Crippen LogP contribution is -2.34. The van der Waals surface area contributed by atoms with Crippen LogP contribution in [0.5, 0.6) is 0 Å². The lowest BCUT2D eigenvalue weighted by Gasteiger charge is -2.16. The highest BCUT2D eigenvalue weighted by molar-refractivity contribution is 5.91. The van der Waals surface area contributed by atoms with Gasteiger partial charge in [0, 0.05) is 23.5 Å². The predicted octanol–water partition coefficient (Wildman–Crippen LogP) is 2.83. The Morgan fingerprint density at radius 3 is 2.70 bits per heavy atom. The first-order valence-corrected chi connectivity index (χ1v) is 9.38. The zero-order chi connectivity index (χ0) is 21.4. The van der Waals surface area contributed by atoms with Gasteiger partial charge in [0.25, 0.3) is 0 Å². The van der Waals surface area contributed by atoms with Crippen molar-refractivity contribution in [3.05, 3.63) is 60.6 Å². The summed E-state index contributed by atoms with van der Waals surface area (Å²) in [6.07, 6.45) is 3.79. The maximum atomic E-state index is 14.8. The van der Waals surface area contributed by atoms with Gasteiger partial charge in [0.2, 0.25) is 5.91 Å². The standard InChI is InChI=1S/C21H20FN5O3/c1-12-9-26(11-25-12)19-6-3-14(8-24-19)16-5-4-15(7-17(16)22)27-10-18(30-21(27)29)13(2)20(23)28/h3-9,11,13,18H,10H2,1-2H3,(H2,23,28)/t13-,18?/m0/s1. The minimum absolute atomic E-state index is 0.127. The maximum Gasteiger partial charge on any atom is 0.414 e. The molecule has 1 saturated heterocycles. The number of aromatic nitrogens is 3. The van der Waals surface area contributed by atoms with E-state index in [0.717, 1.165) is 5.69 Å². The molecule has 1 aliphatic rings. The molecule has 2 N–H and O–H groups in total. The van der Waals surface area contributed by atoms with E-state index in [4.69, 9.17) is 10.5 Å². The quantitative estimate of drug-likeness (QED) is 0.698. The number of imidazole rings is 1. The first-order valence-electron chi connectivity index (χ1n) is 9.38. The summed E-state index contributed by atoms with van der Waals surface area (Å²) in [7, 11) is 0. The second-order valence-electron chi connectivity index (χ2n) is 7.22. The number of cyclic esters (lactones) is 1. The average molecular weight is 409 g/mol.